The predicted octanol–water partition coefficient (Wildman–Crippen LogP) is 2.02. The number of rotatable bonds is 5. The van der Waals surface area contributed by atoms with E-state index in [4.69, 9.17) is 5.11 Å². The Morgan fingerprint density at radius 1 is 1.18 bits per heavy atom. The Bertz CT molecular complexity index is 376. The van der Waals surface area contributed by atoms with Crippen molar-refractivity contribution >= 4 is 5.91 Å². The van der Waals surface area contributed by atoms with Gasteiger partial charge in [0.05, 0.1) is 12.5 Å². The second-order valence-electron chi connectivity index (χ2n) is 6.35. The molecule has 0 bridgehead atoms. The molecule has 2 atom stereocenters. The van der Waals surface area contributed by atoms with Gasteiger partial charge in [-0.05, 0) is 45.1 Å². The third kappa shape index (κ3) is 4.59. The first kappa shape index (κ1) is 17.5. The van der Waals surface area contributed by atoms with E-state index in [1.807, 2.05) is 0 Å². The molecule has 0 spiro atoms. The highest BCUT2D eigenvalue weighted by molar-refractivity contribution is 5.78. The number of likely N-dealkylation sites (tertiary alicyclic amines) is 2. The zero-order valence-corrected chi connectivity index (χ0v) is 12.8. The molecular formula is C15H25F3N2O2. The van der Waals surface area contributed by atoms with E-state index in [0.717, 1.165) is 25.8 Å². The van der Waals surface area contributed by atoms with Crippen LogP contribution in [0.3, 0.4) is 0 Å². The summed E-state index contributed by atoms with van der Waals surface area (Å²) in [5.74, 6) is -1.57. The van der Waals surface area contributed by atoms with Crippen LogP contribution in [0, 0.1) is 5.92 Å². The summed E-state index contributed by atoms with van der Waals surface area (Å²) in [6.07, 6.45) is -0.118. The lowest BCUT2D eigenvalue weighted by molar-refractivity contribution is -0.188. The van der Waals surface area contributed by atoms with Gasteiger partial charge in [-0.3, -0.25) is 9.69 Å². The summed E-state index contributed by atoms with van der Waals surface area (Å²) >= 11 is 0. The lowest BCUT2D eigenvalue weighted by atomic mass is 9.97. The van der Waals surface area contributed by atoms with Gasteiger partial charge in [-0.2, -0.15) is 13.2 Å². The van der Waals surface area contributed by atoms with Gasteiger partial charge in [-0.15, -0.1) is 0 Å². The van der Waals surface area contributed by atoms with Crippen molar-refractivity contribution in [3.05, 3.63) is 0 Å². The van der Waals surface area contributed by atoms with Gasteiger partial charge in [0.25, 0.3) is 0 Å². The fourth-order valence-electron chi connectivity index (χ4n) is 3.50. The maximum Gasteiger partial charge on any atom is 0.393 e. The molecule has 0 aromatic rings. The maximum atomic E-state index is 12.8. The van der Waals surface area contributed by atoms with E-state index in [2.05, 4.69) is 4.90 Å². The second-order valence-corrected chi connectivity index (χ2v) is 6.35. The van der Waals surface area contributed by atoms with Gasteiger partial charge in [-0.25, -0.2) is 0 Å². The molecule has 0 aliphatic carbocycles. The molecular weight excluding hydrogens is 297 g/mol. The van der Waals surface area contributed by atoms with Crippen LogP contribution < -0.4 is 0 Å². The van der Waals surface area contributed by atoms with Crippen LogP contribution in [-0.4, -0.2) is 65.8 Å². The Kier molecular flexibility index (Phi) is 6.09. The second kappa shape index (κ2) is 7.64. The predicted molar refractivity (Wildman–Crippen MR) is 76.3 cm³/mol. The lowest BCUT2D eigenvalue weighted by Crippen LogP contribution is -2.48. The highest BCUT2D eigenvalue weighted by Crippen LogP contribution is 2.33. The minimum absolute atomic E-state index is 0.121. The molecule has 0 saturated carbocycles. The van der Waals surface area contributed by atoms with Gasteiger partial charge in [0, 0.05) is 25.7 Å². The molecule has 22 heavy (non-hydrogen) atoms. The smallest absolute Gasteiger partial charge is 0.393 e. The van der Waals surface area contributed by atoms with E-state index in [0.29, 0.717) is 19.4 Å². The third-order valence-corrected chi connectivity index (χ3v) is 4.77. The Morgan fingerprint density at radius 2 is 1.91 bits per heavy atom. The zero-order chi connectivity index (χ0) is 16.2. The summed E-state index contributed by atoms with van der Waals surface area (Å²) in [5.41, 5.74) is 0. The molecule has 0 unspecified atom stereocenters. The molecule has 2 fully saturated rings. The summed E-state index contributed by atoms with van der Waals surface area (Å²) in [4.78, 5) is 15.8. The monoisotopic (exact) mass is 322 g/mol. The number of amides is 1. The molecule has 7 heteroatoms. The van der Waals surface area contributed by atoms with Crippen molar-refractivity contribution in [3.63, 3.8) is 0 Å². The molecule has 0 aromatic carbocycles. The van der Waals surface area contributed by atoms with Crippen LogP contribution in [0.4, 0.5) is 13.2 Å². The van der Waals surface area contributed by atoms with Gasteiger partial charge >= 0.3 is 6.18 Å². The van der Waals surface area contributed by atoms with E-state index < -0.39 is 12.1 Å². The molecule has 2 aliphatic heterocycles. The Balaban J connectivity index is 1.86. The molecule has 2 rings (SSSR count). The average molecular weight is 322 g/mol. The summed E-state index contributed by atoms with van der Waals surface area (Å²) in [5, 5.41) is 8.90. The van der Waals surface area contributed by atoms with Crippen molar-refractivity contribution in [3.8, 4) is 0 Å². The number of nitrogens with zero attached hydrogens (tertiary/aromatic N) is 2. The van der Waals surface area contributed by atoms with Crippen molar-refractivity contribution < 1.29 is 23.1 Å². The van der Waals surface area contributed by atoms with Crippen LogP contribution in [0.1, 0.15) is 38.5 Å². The van der Waals surface area contributed by atoms with Crippen LogP contribution in [0.15, 0.2) is 0 Å². The maximum absolute atomic E-state index is 12.8. The van der Waals surface area contributed by atoms with Gasteiger partial charge in [-0.1, -0.05) is 0 Å². The van der Waals surface area contributed by atoms with Crippen molar-refractivity contribution in [1.82, 2.24) is 9.80 Å². The molecule has 2 aliphatic rings. The first-order chi connectivity index (χ1) is 10.4. The average Bonchev–Trinajstić information content (AvgIpc) is 2.91. The number of carbonyl (C=O) groups is 1. The fraction of sp³-hybridized carbons (Fsp3) is 0.933. The lowest BCUT2D eigenvalue weighted by Gasteiger charge is -2.35. The van der Waals surface area contributed by atoms with E-state index in [1.165, 1.54) is 4.90 Å². The number of halogens is 3. The largest absolute Gasteiger partial charge is 0.396 e. The standard InChI is InChI=1S/C15H25F3N2O2/c16-15(17,18)12-4-1-8-20(10-12)14(22)11-19-7-2-5-13(19)6-3-9-21/h12-13,21H,1-11H2/t12-,13-/m0/s1. The number of hydrogen-bond acceptors (Lipinski definition) is 3. The Morgan fingerprint density at radius 3 is 2.59 bits per heavy atom. The summed E-state index contributed by atoms with van der Waals surface area (Å²) in [6.45, 7) is 1.40. The molecule has 1 amide bonds. The minimum Gasteiger partial charge on any atom is -0.396 e. The number of piperidine rings is 1. The molecule has 2 heterocycles. The van der Waals surface area contributed by atoms with Crippen LogP contribution in [-0.2, 0) is 4.79 Å². The van der Waals surface area contributed by atoms with Gasteiger partial charge in [0.2, 0.25) is 5.91 Å². The summed E-state index contributed by atoms with van der Waals surface area (Å²) in [6, 6.07) is 0.277. The molecule has 2 saturated heterocycles. The summed E-state index contributed by atoms with van der Waals surface area (Å²) in [7, 11) is 0. The molecule has 128 valence electrons. The third-order valence-electron chi connectivity index (χ3n) is 4.77. The van der Waals surface area contributed by atoms with E-state index in [1.54, 1.807) is 0 Å². The van der Waals surface area contributed by atoms with E-state index in [9.17, 15) is 18.0 Å². The Hall–Kier alpha value is -0.820. The SMILES string of the molecule is O=C(CN1CCC[C@H]1CCCO)N1CCC[C@H](C(F)(F)F)C1. The fourth-order valence-corrected chi connectivity index (χ4v) is 3.50. The molecule has 0 aromatic heterocycles. The molecule has 0 radical (unpaired) electrons. The van der Waals surface area contributed by atoms with Crippen LogP contribution in [0.2, 0.25) is 0 Å². The van der Waals surface area contributed by atoms with Crippen LogP contribution in [0.5, 0.6) is 0 Å². The molecule has 4 nitrogen and oxygen atoms in total. The quantitative estimate of drug-likeness (QED) is 0.842. The number of aliphatic hydroxyl groups excluding tert-OH is 1. The normalized spacial score (nSPS) is 27.4. The van der Waals surface area contributed by atoms with E-state index >= 15 is 0 Å². The number of aliphatic hydroxyl groups is 1. The first-order valence-corrected chi connectivity index (χ1v) is 8.11. The Labute approximate surface area is 129 Å². The first-order valence-electron chi connectivity index (χ1n) is 8.11. The molecule has 1 N–H and O–H groups in total. The van der Waals surface area contributed by atoms with E-state index in [-0.39, 0.29) is 38.1 Å². The number of alkyl halides is 3. The van der Waals surface area contributed by atoms with Gasteiger partial charge in [0.15, 0.2) is 0 Å². The highest BCUT2D eigenvalue weighted by Gasteiger charge is 2.42. The van der Waals surface area contributed by atoms with Crippen molar-refractivity contribution in [2.24, 2.45) is 5.92 Å². The van der Waals surface area contributed by atoms with Gasteiger partial charge in [0.1, 0.15) is 0 Å². The van der Waals surface area contributed by atoms with Crippen molar-refractivity contribution in [2.45, 2.75) is 50.7 Å². The van der Waals surface area contributed by atoms with Gasteiger partial charge < -0.3 is 10.0 Å². The van der Waals surface area contributed by atoms with Crippen molar-refractivity contribution in [2.75, 3.05) is 32.8 Å². The number of carbonyl (C=O) groups excluding carboxylic acids is 1. The number of hydrogen-bond donors (Lipinski definition) is 1. The van der Waals surface area contributed by atoms with Crippen LogP contribution in [0.25, 0.3) is 0 Å². The summed E-state index contributed by atoms with van der Waals surface area (Å²) < 4.78 is 38.4. The topological polar surface area (TPSA) is 43.8 Å². The minimum atomic E-state index is -4.21. The highest BCUT2D eigenvalue weighted by atomic mass is 19.4. The van der Waals surface area contributed by atoms with Crippen molar-refractivity contribution in [1.29, 1.82) is 0 Å². The van der Waals surface area contributed by atoms with Crippen LogP contribution >= 0.6 is 0 Å². The zero-order valence-electron chi connectivity index (χ0n) is 12.8.